The number of aryl methyl sites for hydroxylation is 2. The second kappa shape index (κ2) is 8.82. The van der Waals surface area contributed by atoms with Crippen LogP contribution < -0.4 is 10.1 Å². The van der Waals surface area contributed by atoms with Crippen molar-refractivity contribution in [3.05, 3.63) is 76.9 Å². The number of esters is 1. The third-order valence-corrected chi connectivity index (χ3v) is 4.70. The SMILES string of the molecule is COc1ccc(C)cc1NC(=O)COC(=O)c1cc(C)n(-c2ccc(F)cc2)c1C. The number of hydrogen-bond donors (Lipinski definition) is 1. The second-order valence-electron chi connectivity index (χ2n) is 6.92. The molecule has 7 heteroatoms. The van der Waals surface area contributed by atoms with Gasteiger partial charge in [0.15, 0.2) is 6.61 Å². The highest BCUT2D eigenvalue weighted by atomic mass is 19.1. The molecule has 0 spiro atoms. The molecule has 0 aliphatic rings. The zero-order valence-electron chi connectivity index (χ0n) is 17.3. The topological polar surface area (TPSA) is 69.6 Å². The molecule has 3 rings (SSSR count). The van der Waals surface area contributed by atoms with Gasteiger partial charge in [0, 0.05) is 17.1 Å². The highest BCUT2D eigenvalue weighted by Gasteiger charge is 2.19. The molecular formula is C23H23FN2O4. The highest BCUT2D eigenvalue weighted by molar-refractivity contribution is 5.97. The summed E-state index contributed by atoms with van der Waals surface area (Å²) >= 11 is 0. The number of hydrogen-bond acceptors (Lipinski definition) is 4. The molecule has 0 aliphatic heterocycles. The number of nitrogens with one attached hydrogen (secondary N) is 1. The van der Waals surface area contributed by atoms with E-state index in [1.807, 2.05) is 24.5 Å². The van der Waals surface area contributed by atoms with E-state index in [4.69, 9.17) is 9.47 Å². The van der Waals surface area contributed by atoms with Crippen molar-refractivity contribution in [3.63, 3.8) is 0 Å². The normalized spacial score (nSPS) is 10.6. The van der Waals surface area contributed by atoms with Gasteiger partial charge in [0.05, 0.1) is 18.4 Å². The molecule has 1 amide bonds. The van der Waals surface area contributed by atoms with Gasteiger partial charge in [-0.05, 0) is 68.8 Å². The molecule has 0 fully saturated rings. The molecule has 156 valence electrons. The number of halogens is 1. The van der Waals surface area contributed by atoms with Gasteiger partial charge in [-0.15, -0.1) is 0 Å². The summed E-state index contributed by atoms with van der Waals surface area (Å²) in [7, 11) is 1.51. The second-order valence-corrected chi connectivity index (χ2v) is 6.92. The largest absolute Gasteiger partial charge is 0.495 e. The molecule has 6 nitrogen and oxygen atoms in total. The number of rotatable bonds is 6. The van der Waals surface area contributed by atoms with Crippen molar-refractivity contribution in [3.8, 4) is 11.4 Å². The number of carbonyl (C=O) groups is 2. The molecule has 0 aliphatic carbocycles. The number of anilines is 1. The predicted octanol–water partition coefficient (Wildman–Crippen LogP) is 4.35. The summed E-state index contributed by atoms with van der Waals surface area (Å²) in [5.74, 6) is -0.900. The molecule has 1 N–H and O–H groups in total. The predicted molar refractivity (Wildman–Crippen MR) is 112 cm³/mol. The van der Waals surface area contributed by atoms with Crippen molar-refractivity contribution in [2.24, 2.45) is 0 Å². The van der Waals surface area contributed by atoms with Crippen molar-refractivity contribution in [2.75, 3.05) is 19.0 Å². The third kappa shape index (κ3) is 4.51. The van der Waals surface area contributed by atoms with E-state index >= 15 is 0 Å². The van der Waals surface area contributed by atoms with E-state index in [1.54, 1.807) is 37.3 Å². The molecule has 3 aromatic rings. The Morgan fingerprint density at radius 1 is 1.03 bits per heavy atom. The Hall–Kier alpha value is -3.61. The quantitative estimate of drug-likeness (QED) is 0.614. The van der Waals surface area contributed by atoms with Crippen LogP contribution in [0.3, 0.4) is 0 Å². The van der Waals surface area contributed by atoms with Gasteiger partial charge in [-0.1, -0.05) is 6.07 Å². The molecule has 0 saturated heterocycles. The Labute approximate surface area is 174 Å². The number of carbonyl (C=O) groups excluding carboxylic acids is 2. The highest BCUT2D eigenvalue weighted by Crippen LogP contribution is 2.25. The van der Waals surface area contributed by atoms with Crippen molar-refractivity contribution in [2.45, 2.75) is 20.8 Å². The maximum Gasteiger partial charge on any atom is 0.340 e. The van der Waals surface area contributed by atoms with Gasteiger partial charge in [-0.3, -0.25) is 4.79 Å². The maximum atomic E-state index is 13.2. The molecular weight excluding hydrogens is 387 g/mol. The first-order chi connectivity index (χ1) is 14.3. The Bertz CT molecular complexity index is 1090. The number of amides is 1. The minimum absolute atomic E-state index is 0.336. The van der Waals surface area contributed by atoms with Crippen LogP contribution in [-0.2, 0) is 9.53 Å². The van der Waals surface area contributed by atoms with Gasteiger partial charge in [0.2, 0.25) is 0 Å². The molecule has 1 heterocycles. The monoisotopic (exact) mass is 410 g/mol. The molecule has 1 aromatic heterocycles. The van der Waals surface area contributed by atoms with E-state index in [-0.39, 0.29) is 5.82 Å². The summed E-state index contributed by atoms with van der Waals surface area (Å²) in [5, 5.41) is 2.69. The van der Waals surface area contributed by atoms with Crippen LogP contribution in [0, 0.1) is 26.6 Å². The molecule has 0 radical (unpaired) electrons. The fourth-order valence-electron chi connectivity index (χ4n) is 3.27. The molecule has 2 aromatic carbocycles. The van der Waals surface area contributed by atoms with E-state index in [0.717, 1.165) is 16.9 Å². The van der Waals surface area contributed by atoms with Crippen molar-refractivity contribution >= 4 is 17.6 Å². The lowest BCUT2D eigenvalue weighted by atomic mass is 10.2. The van der Waals surface area contributed by atoms with E-state index in [9.17, 15) is 14.0 Å². The number of aromatic nitrogens is 1. The van der Waals surface area contributed by atoms with Gasteiger partial charge in [0.25, 0.3) is 5.91 Å². The summed E-state index contributed by atoms with van der Waals surface area (Å²) in [6, 6.07) is 13.1. The Morgan fingerprint density at radius 3 is 2.40 bits per heavy atom. The Kier molecular flexibility index (Phi) is 6.20. The van der Waals surface area contributed by atoms with Crippen LogP contribution in [0.5, 0.6) is 5.75 Å². The van der Waals surface area contributed by atoms with E-state index < -0.39 is 18.5 Å². The van der Waals surface area contributed by atoms with Crippen LogP contribution in [0.2, 0.25) is 0 Å². The van der Waals surface area contributed by atoms with Crippen LogP contribution in [0.25, 0.3) is 5.69 Å². The van der Waals surface area contributed by atoms with Crippen molar-refractivity contribution < 1.29 is 23.5 Å². The van der Waals surface area contributed by atoms with Gasteiger partial charge in [-0.25, -0.2) is 9.18 Å². The summed E-state index contributed by atoms with van der Waals surface area (Å²) in [5.41, 5.74) is 3.97. The van der Waals surface area contributed by atoms with Gasteiger partial charge in [-0.2, -0.15) is 0 Å². The first-order valence-electron chi connectivity index (χ1n) is 9.36. The smallest absolute Gasteiger partial charge is 0.340 e. The summed E-state index contributed by atoms with van der Waals surface area (Å²) in [4.78, 5) is 24.8. The minimum atomic E-state index is -0.609. The van der Waals surface area contributed by atoms with Crippen molar-refractivity contribution in [1.29, 1.82) is 0 Å². The number of methoxy groups -OCH3 is 1. The zero-order valence-corrected chi connectivity index (χ0v) is 17.3. The first-order valence-corrected chi connectivity index (χ1v) is 9.36. The lowest BCUT2D eigenvalue weighted by molar-refractivity contribution is -0.119. The van der Waals surface area contributed by atoms with E-state index in [2.05, 4.69) is 5.32 Å². The third-order valence-electron chi connectivity index (χ3n) is 4.70. The molecule has 0 unspecified atom stereocenters. The maximum absolute atomic E-state index is 13.2. The minimum Gasteiger partial charge on any atom is -0.495 e. The van der Waals surface area contributed by atoms with Gasteiger partial charge in [0.1, 0.15) is 11.6 Å². The summed E-state index contributed by atoms with van der Waals surface area (Å²) in [6.07, 6.45) is 0. The molecule has 0 atom stereocenters. The summed E-state index contributed by atoms with van der Waals surface area (Å²) < 4.78 is 25.5. The fraction of sp³-hybridized carbons (Fsp3) is 0.217. The van der Waals surface area contributed by atoms with E-state index in [0.29, 0.717) is 22.7 Å². The van der Waals surface area contributed by atoms with Crippen molar-refractivity contribution in [1.82, 2.24) is 4.57 Å². The fourth-order valence-corrected chi connectivity index (χ4v) is 3.27. The Morgan fingerprint density at radius 2 is 1.73 bits per heavy atom. The average molecular weight is 410 g/mol. The summed E-state index contributed by atoms with van der Waals surface area (Å²) in [6.45, 7) is 5.07. The molecule has 0 bridgehead atoms. The lowest BCUT2D eigenvalue weighted by Crippen LogP contribution is -2.21. The zero-order chi connectivity index (χ0) is 21.8. The number of ether oxygens (including phenoxy) is 2. The number of benzene rings is 2. The van der Waals surface area contributed by atoms with E-state index in [1.165, 1.54) is 19.2 Å². The first kappa shape index (κ1) is 21.1. The van der Waals surface area contributed by atoms with Crippen LogP contribution in [0.4, 0.5) is 10.1 Å². The molecule has 0 saturated carbocycles. The average Bonchev–Trinajstić information content (AvgIpc) is 3.01. The lowest BCUT2D eigenvalue weighted by Gasteiger charge is -2.11. The van der Waals surface area contributed by atoms with Gasteiger partial charge < -0.3 is 19.4 Å². The van der Waals surface area contributed by atoms with Crippen LogP contribution in [-0.4, -0.2) is 30.2 Å². The standard InChI is InChI=1S/C23H23FN2O4/c1-14-5-10-21(29-4)20(11-14)25-22(27)13-30-23(28)19-12-15(2)26(16(19)3)18-8-6-17(24)7-9-18/h5-12H,13H2,1-4H3,(H,25,27). The van der Waals surface area contributed by atoms with Crippen LogP contribution >= 0.6 is 0 Å². The molecule has 30 heavy (non-hydrogen) atoms. The van der Waals surface area contributed by atoms with Crippen LogP contribution in [0.1, 0.15) is 27.3 Å². The Balaban J connectivity index is 1.70. The number of nitrogens with zero attached hydrogens (tertiary/aromatic N) is 1. The van der Waals surface area contributed by atoms with Crippen LogP contribution in [0.15, 0.2) is 48.5 Å². The van der Waals surface area contributed by atoms with Gasteiger partial charge >= 0.3 is 5.97 Å².